The van der Waals surface area contributed by atoms with E-state index in [4.69, 9.17) is 9.84 Å². The molecule has 116 valence electrons. The maximum atomic E-state index is 10.7. The molecule has 8 heteroatoms. The van der Waals surface area contributed by atoms with E-state index in [0.29, 0.717) is 24.9 Å². The van der Waals surface area contributed by atoms with Gasteiger partial charge in [-0.05, 0) is 12.5 Å². The smallest absolute Gasteiger partial charge is 0.356 e. The SMILES string of the molecule is Cn1nccc1[C@@H]1OCC[C@H]1CNc1cnc(C(=O)O)cn1. The van der Waals surface area contributed by atoms with Gasteiger partial charge in [-0.1, -0.05) is 0 Å². The largest absolute Gasteiger partial charge is 0.476 e. The fourth-order valence-electron chi connectivity index (χ4n) is 2.60. The van der Waals surface area contributed by atoms with Gasteiger partial charge in [0, 0.05) is 32.3 Å². The summed E-state index contributed by atoms with van der Waals surface area (Å²) in [5.74, 6) is -0.225. The number of carboxylic acids is 1. The summed E-state index contributed by atoms with van der Waals surface area (Å²) in [6.07, 6.45) is 5.39. The van der Waals surface area contributed by atoms with Crippen LogP contribution in [0.4, 0.5) is 5.82 Å². The van der Waals surface area contributed by atoms with Crippen molar-refractivity contribution in [1.82, 2.24) is 19.7 Å². The number of anilines is 1. The van der Waals surface area contributed by atoms with Gasteiger partial charge in [0.2, 0.25) is 0 Å². The zero-order valence-corrected chi connectivity index (χ0v) is 12.1. The second-order valence-corrected chi connectivity index (χ2v) is 5.19. The van der Waals surface area contributed by atoms with Crippen LogP contribution in [-0.2, 0) is 11.8 Å². The van der Waals surface area contributed by atoms with Gasteiger partial charge in [0.1, 0.15) is 11.9 Å². The molecule has 8 nitrogen and oxygen atoms in total. The monoisotopic (exact) mass is 303 g/mol. The molecule has 1 saturated heterocycles. The van der Waals surface area contributed by atoms with Gasteiger partial charge in [-0.25, -0.2) is 14.8 Å². The zero-order valence-electron chi connectivity index (χ0n) is 12.1. The summed E-state index contributed by atoms with van der Waals surface area (Å²) >= 11 is 0. The van der Waals surface area contributed by atoms with Gasteiger partial charge in [0.25, 0.3) is 0 Å². The third-order valence-electron chi connectivity index (χ3n) is 3.78. The molecule has 0 spiro atoms. The molecule has 0 aliphatic carbocycles. The Balaban J connectivity index is 1.63. The van der Waals surface area contributed by atoms with Crippen LogP contribution in [0, 0.1) is 5.92 Å². The molecule has 0 unspecified atom stereocenters. The van der Waals surface area contributed by atoms with E-state index in [1.165, 1.54) is 12.4 Å². The molecule has 3 rings (SSSR count). The fourth-order valence-corrected chi connectivity index (χ4v) is 2.60. The Labute approximate surface area is 127 Å². The molecule has 0 saturated carbocycles. The molecule has 3 heterocycles. The molecule has 1 aliphatic rings. The second kappa shape index (κ2) is 6.10. The topological polar surface area (TPSA) is 102 Å². The second-order valence-electron chi connectivity index (χ2n) is 5.19. The number of aromatic nitrogens is 4. The molecule has 2 aromatic heterocycles. The number of nitrogens with one attached hydrogen (secondary N) is 1. The van der Waals surface area contributed by atoms with Crippen LogP contribution in [-0.4, -0.2) is 44.0 Å². The fraction of sp³-hybridized carbons (Fsp3) is 0.429. The lowest BCUT2D eigenvalue weighted by Crippen LogP contribution is -2.20. The van der Waals surface area contributed by atoms with Gasteiger partial charge in [0.05, 0.1) is 18.1 Å². The van der Waals surface area contributed by atoms with Crippen LogP contribution >= 0.6 is 0 Å². The Morgan fingerprint density at radius 2 is 2.36 bits per heavy atom. The average Bonchev–Trinajstić information content (AvgIpc) is 3.13. The van der Waals surface area contributed by atoms with Crippen molar-refractivity contribution in [2.45, 2.75) is 12.5 Å². The van der Waals surface area contributed by atoms with Crippen LogP contribution in [0.3, 0.4) is 0 Å². The van der Waals surface area contributed by atoms with Crippen LogP contribution < -0.4 is 5.32 Å². The zero-order chi connectivity index (χ0) is 15.5. The number of hydrogen-bond donors (Lipinski definition) is 2. The first-order chi connectivity index (χ1) is 10.6. The standard InChI is InChI=1S/C14H17N5O3/c1-19-11(2-4-18-19)13-9(3-5-22-13)6-16-12-8-15-10(7-17-12)14(20)21/h2,4,7-9,13H,3,5-6H2,1H3,(H,16,17)(H,20,21)/t9-,13+/m0/s1. The summed E-state index contributed by atoms with van der Waals surface area (Å²) in [4.78, 5) is 18.6. The van der Waals surface area contributed by atoms with Gasteiger partial charge < -0.3 is 15.2 Å². The van der Waals surface area contributed by atoms with E-state index in [-0.39, 0.29) is 11.8 Å². The molecule has 2 N–H and O–H groups in total. The maximum absolute atomic E-state index is 10.7. The van der Waals surface area contributed by atoms with Crippen LogP contribution in [0.15, 0.2) is 24.7 Å². The van der Waals surface area contributed by atoms with Crippen molar-refractivity contribution in [3.63, 3.8) is 0 Å². The Kier molecular flexibility index (Phi) is 4.01. The molecular formula is C14H17N5O3. The van der Waals surface area contributed by atoms with Crippen LogP contribution in [0.25, 0.3) is 0 Å². The van der Waals surface area contributed by atoms with E-state index in [1.54, 1.807) is 6.20 Å². The molecule has 1 aliphatic heterocycles. The summed E-state index contributed by atoms with van der Waals surface area (Å²) < 4.78 is 7.64. The first-order valence-electron chi connectivity index (χ1n) is 7.04. The third-order valence-corrected chi connectivity index (χ3v) is 3.78. The summed E-state index contributed by atoms with van der Waals surface area (Å²) in [7, 11) is 1.90. The third kappa shape index (κ3) is 2.91. The lowest BCUT2D eigenvalue weighted by Gasteiger charge is -2.19. The quantitative estimate of drug-likeness (QED) is 0.852. The number of carbonyl (C=O) groups is 1. The number of aromatic carboxylic acids is 1. The van der Waals surface area contributed by atoms with E-state index < -0.39 is 5.97 Å². The van der Waals surface area contributed by atoms with Gasteiger partial charge in [-0.3, -0.25) is 4.68 Å². The summed E-state index contributed by atoms with van der Waals surface area (Å²) in [6, 6.07) is 1.96. The molecule has 22 heavy (non-hydrogen) atoms. The first-order valence-corrected chi connectivity index (χ1v) is 7.04. The van der Waals surface area contributed by atoms with Crippen molar-refractivity contribution in [2.24, 2.45) is 13.0 Å². The Bertz CT molecular complexity index is 655. The van der Waals surface area contributed by atoms with Crippen molar-refractivity contribution in [3.05, 3.63) is 36.0 Å². The van der Waals surface area contributed by atoms with Crippen LogP contribution in [0.2, 0.25) is 0 Å². The molecule has 0 bridgehead atoms. The van der Waals surface area contributed by atoms with Gasteiger partial charge >= 0.3 is 5.97 Å². The Hall–Kier alpha value is -2.48. The highest BCUT2D eigenvalue weighted by Gasteiger charge is 2.31. The van der Waals surface area contributed by atoms with Gasteiger partial charge in [-0.2, -0.15) is 5.10 Å². The molecule has 1 fully saturated rings. The lowest BCUT2D eigenvalue weighted by atomic mass is 9.99. The normalized spacial score (nSPS) is 21.0. The van der Waals surface area contributed by atoms with Crippen LogP contribution in [0.1, 0.15) is 28.7 Å². The summed E-state index contributed by atoms with van der Waals surface area (Å²) in [6.45, 7) is 1.39. The molecule has 2 atom stereocenters. The lowest BCUT2D eigenvalue weighted by molar-refractivity contribution is 0.0690. The van der Waals surface area contributed by atoms with E-state index in [2.05, 4.69) is 20.4 Å². The molecule has 0 aromatic carbocycles. The predicted octanol–water partition coefficient (Wildman–Crippen LogP) is 1.10. The van der Waals surface area contributed by atoms with Crippen molar-refractivity contribution < 1.29 is 14.6 Å². The molecule has 0 radical (unpaired) electrons. The predicted molar refractivity (Wildman–Crippen MR) is 77.5 cm³/mol. The average molecular weight is 303 g/mol. The Morgan fingerprint density at radius 1 is 1.50 bits per heavy atom. The first kappa shape index (κ1) is 14.5. The molecule has 0 amide bonds. The maximum Gasteiger partial charge on any atom is 0.356 e. The number of hydrogen-bond acceptors (Lipinski definition) is 6. The number of rotatable bonds is 5. The van der Waals surface area contributed by atoms with E-state index in [1.807, 2.05) is 17.8 Å². The van der Waals surface area contributed by atoms with Crippen molar-refractivity contribution in [2.75, 3.05) is 18.5 Å². The number of aryl methyl sites for hydroxylation is 1. The van der Waals surface area contributed by atoms with Crippen molar-refractivity contribution in [1.29, 1.82) is 0 Å². The highest BCUT2D eigenvalue weighted by atomic mass is 16.5. The summed E-state index contributed by atoms with van der Waals surface area (Å²) in [5, 5.41) is 16.2. The van der Waals surface area contributed by atoms with E-state index >= 15 is 0 Å². The Morgan fingerprint density at radius 3 is 3.00 bits per heavy atom. The highest BCUT2D eigenvalue weighted by molar-refractivity contribution is 5.84. The van der Waals surface area contributed by atoms with Crippen molar-refractivity contribution >= 4 is 11.8 Å². The number of nitrogens with zero attached hydrogens (tertiary/aromatic N) is 4. The van der Waals surface area contributed by atoms with Crippen molar-refractivity contribution in [3.8, 4) is 0 Å². The molecule has 2 aromatic rings. The van der Waals surface area contributed by atoms with Crippen LogP contribution in [0.5, 0.6) is 0 Å². The summed E-state index contributed by atoms with van der Waals surface area (Å²) in [5.41, 5.74) is 0.985. The minimum atomic E-state index is -1.08. The number of ether oxygens (including phenoxy) is 1. The minimum Gasteiger partial charge on any atom is -0.476 e. The van der Waals surface area contributed by atoms with E-state index in [0.717, 1.165) is 12.1 Å². The van der Waals surface area contributed by atoms with Gasteiger partial charge in [0.15, 0.2) is 5.69 Å². The van der Waals surface area contributed by atoms with Gasteiger partial charge in [-0.15, -0.1) is 0 Å². The highest BCUT2D eigenvalue weighted by Crippen LogP contribution is 2.34. The number of carboxylic acid groups (broad SMARTS) is 1. The minimum absolute atomic E-state index is 0.00579. The molecular weight excluding hydrogens is 286 g/mol. The van der Waals surface area contributed by atoms with E-state index in [9.17, 15) is 4.79 Å².